The Bertz CT molecular complexity index is 921. The Morgan fingerprint density at radius 2 is 1.71 bits per heavy atom. The molecule has 0 aliphatic heterocycles. The Kier molecular flexibility index (Phi) is 6.38. The van der Waals surface area contributed by atoms with Crippen LogP contribution < -0.4 is 19.5 Å². The number of amides is 1. The van der Waals surface area contributed by atoms with E-state index in [1.807, 2.05) is 30.3 Å². The number of ether oxygens (including phenoxy) is 3. The summed E-state index contributed by atoms with van der Waals surface area (Å²) in [6, 6.07) is 12.6. The molecule has 3 aromatic rings. The number of thioether (sulfide) groups is 1. The van der Waals surface area contributed by atoms with E-state index in [1.165, 1.54) is 21.3 Å². The number of nitrogens with one attached hydrogen (secondary N) is 1. The van der Waals surface area contributed by atoms with Crippen molar-refractivity contribution in [2.24, 2.45) is 0 Å². The number of rotatable bonds is 8. The number of carbonyl (C=O) groups is 1. The molecular formula is C19H19N3O5S. The molecule has 146 valence electrons. The summed E-state index contributed by atoms with van der Waals surface area (Å²) >= 11 is 1.15. The number of para-hydroxylation sites is 1. The van der Waals surface area contributed by atoms with Crippen molar-refractivity contribution in [2.75, 3.05) is 32.4 Å². The van der Waals surface area contributed by atoms with E-state index in [1.54, 1.807) is 12.1 Å². The maximum Gasteiger partial charge on any atom is 0.277 e. The van der Waals surface area contributed by atoms with Gasteiger partial charge in [0.05, 0.1) is 27.1 Å². The van der Waals surface area contributed by atoms with Crippen molar-refractivity contribution in [3.8, 4) is 28.7 Å². The van der Waals surface area contributed by atoms with Crippen LogP contribution in [0.4, 0.5) is 5.69 Å². The summed E-state index contributed by atoms with van der Waals surface area (Å²) in [7, 11) is 4.59. The highest BCUT2D eigenvalue weighted by Gasteiger charge is 2.18. The van der Waals surface area contributed by atoms with Gasteiger partial charge in [-0.25, -0.2) is 0 Å². The average molecular weight is 401 g/mol. The fraction of sp³-hybridized carbons (Fsp3) is 0.211. The predicted molar refractivity (Wildman–Crippen MR) is 105 cm³/mol. The fourth-order valence-electron chi connectivity index (χ4n) is 2.44. The van der Waals surface area contributed by atoms with Crippen molar-refractivity contribution in [3.05, 3.63) is 42.5 Å². The van der Waals surface area contributed by atoms with E-state index in [0.717, 1.165) is 17.4 Å². The number of hydrogen-bond donors (Lipinski definition) is 1. The van der Waals surface area contributed by atoms with E-state index < -0.39 is 0 Å². The number of benzene rings is 2. The molecule has 1 amide bonds. The first kappa shape index (κ1) is 19.6. The van der Waals surface area contributed by atoms with Gasteiger partial charge >= 0.3 is 0 Å². The Labute approximate surface area is 166 Å². The Balaban J connectivity index is 1.69. The number of carbonyl (C=O) groups excluding carboxylic acids is 1. The zero-order chi connectivity index (χ0) is 19.9. The minimum Gasteiger partial charge on any atom is -0.493 e. The summed E-state index contributed by atoms with van der Waals surface area (Å²) in [6.07, 6.45) is 0. The monoisotopic (exact) mass is 401 g/mol. The molecule has 9 heteroatoms. The summed E-state index contributed by atoms with van der Waals surface area (Å²) in [5, 5.41) is 11.1. The van der Waals surface area contributed by atoms with Crippen LogP contribution in [0.25, 0.3) is 11.5 Å². The van der Waals surface area contributed by atoms with Crippen LogP contribution in [-0.2, 0) is 4.79 Å². The summed E-state index contributed by atoms with van der Waals surface area (Å²) in [5.74, 6) is 1.69. The standard InChI is InChI=1S/C19H19N3O5S/c1-24-14-9-12(10-15(25-2)17(14)26-3)18-21-22-19(27-18)28-11-16(23)20-13-7-5-4-6-8-13/h4-10H,11H2,1-3H3,(H,20,23). The van der Waals surface area contributed by atoms with E-state index in [0.29, 0.717) is 22.8 Å². The molecule has 0 aliphatic carbocycles. The lowest BCUT2D eigenvalue weighted by molar-refractivity contribution is -0.113. The number of hydrogen-bond acceptors (Lipinski definition) is 8. The third-order valence-corrected chi connectivity index (χ3v) is 4.52. The topological polar surface area (TPSA) is 95.7 Å². The molecule has 0 unspecified atom stereocenters. The van der Waals surface area contributed by atoms with E-state index >= 15 is 0 Å². The summed E-state index contributed by atoms with van der Waals surface area (Å²) < 4.78 is 21.6. The first-order chi connectivity index (χ1) is 13.6. The van der Waals surface area contributed by atoms with Crippen molar-refractivity contribution in [1.82, 2.24) is 10.2 Å². The van der Waals surface area contributed by atoms with Crippen molar-refractivity contribution < 1.29 is 23.4 Å². The van der Waals surface area contributed by atoms with Crippen molar-refractivity contribution in [3.63, 3.8) is 0 Å². The third-order valence-electron chi connectivity index (χ3n) is 3.70. The average Bonchev–Trinajstić information content (AvgIpc) is 3.21. The number of anilines is 1. The molecule has 2 aromatic carbocycles. The van der Waals surface area contributed by atoms with Crippen LogP contribution >= 0.6 is 11.8 Å². The number of methoxy groups -OCH3 is 3. The molecule has 8 nitrogen and oxygen atoms in total. The highest BCUT2D eigenvalue weighted by molar-refractivity contribution is 7.99. The molecule has 3 rings (SSSR count). The lowest BCUT2D eigenvalue weighted by Crippen LogP contribution is -2.13. The molecular weight excluding hydrogens is 382 g/mol. The largest absolute Gasteiger partial charge is 0.493 e. The highest BCUT2D eigenvalue weighted by atomic mass is 32.2. The van der Waals surface area contributed by atoms with Crippen molar-refractivity contribution in [2.45, 2.75) is 5.22 Å². The predicted octanol–water partition coefficient (Wildman–Crippen LogP) is 3.49. The van der Waals surface area contributed by atoms with Gasteiger partial charge in [-0.1, -0.05) is 30.0 Å². The van der Waals surface area contributed by atoms with Crippen LogP contribution in [0, 0.1) is 0 Å². The zero-order valence-electron chi connectivity index (χ0n) is 15.6. The molecule has 0 aliphatic rings. The van der Waals surface area contributed by atoms with E-state index in [-0.39, 0.29) is 22.8 Å². The van der Waals surface area contributed by atoms with Crippen LogP contribution in [0.3, 0.4) is 0 Å². The van der Waals surface area contributed by atoms with E-state index in [4.69, 9.17) is 18.6 Å². The van der Waals surface area contributed by atoms with Gasteiger partial charge in [-0.3, -0.25) is 4.79 Å². The molecule has 0 fully saturated rings. The van der Waals surface area contributed by atoms with Gasteiger partial charge in [0.25, 0.3) is 5.22 Å². The SMILES string of the molecule is COc1cc(-c2nnc(SCC(=O)Nc3ccccc3)o2)cc(OC)c1OC. The quantitative estimate of drug-likeness (QED) is 0.573. The molecule has 0 saturated carbocycles. The van der Waals surface area contributed by atoms with E-state index in [9.17, 15) is 4.79 Å². The lowest BCUT2D eigenvalue weighted by Gasteiger charge is -2.12. The second-order valence-corrected chi connectivity index (χ2v) is 6.42. The molecule has 28 heavy (non-hydrogen) atoms. The molecule has 0 atom stereocenters. The van der Waals surface area contributed by atoms with Crippen LogP contribution in [0.1, 0.15) is 0 Å². The molecule has 0 spiro atoms. The van der Waals surface area contributed by atoms with Gasteiger partial charge < -0.3 is 23.9 Å². The normalized spacial score (nSPS) is 10.4. The van der Waals surface area contributed by atoms with Crippen LogP contribution in [0.15, 0.2) is 52.1 Å². The Hall–Kier alpha value is -3.20. The van der Waals surface area contributed by atoms with Crippen LogP contribution in [0.5, 0.6) is 17.2 Å². The maximum atomic E-state index is 12.0. The zero-order valence-corrected chi connectivity index (χ0v) is 16.4. The van der Waals surface area contributed by atoms with Gasteiger partial charge in [0.1, 0.15) is 0 Å². The molecule has 0 saturated heterocycles. The minimum absolute atomic E-state index is 0.145. The fourth-order valence-corrected chi connectivity index (χ4v) is 3.00. The lowest BCUT2D eigenvalue weighted by atomic mass is 10.2. The smallest absolute Gasteiger partial charge is 0.277 e. The van der Waals surface area contributed by atoms with Gasteiger partial charge in [-0.05, 0) is 24.3 Å². The summed E-state index contributed by atoms with van der Waals surface area (Å²) in [5.41, 5.74) is 1.35. The van der Waals surface area contributed by atoms with E-state index in [2.05, 4.69) is 15.5 Å². The van der Waals surface area contributed by atoms with Crippen molar-refractivity contribution >= 4 is 23.4 Å². The Morgan fingerprint density at radius 1 is 1.04 bits per heavy atom. The molecule has 0 radical (unpaired) electrons. The molecule has 0 bridgehead atoms. The summed E-state index contributed by atoms with van der Waals surface area (Å²) in [4.78, 5) is 12.0. The van der Waals surface area contributed by atoms with Gasteiger partial charge in [-0.2, -0.15) is 0 Å². The number of aromatic nitrogens is 2. The first-order valence-electron chi connectivity index (χ1n) is 8.26. The third kappa shape index (κ3) is 4.55. The molecule has 1 heterocycles. The second kappa shape index (κ2) is 9.14. The molecule has 1 aromatic heterocycles. The van der Waals surface area contributed by atoms with Gasteiger partial charge in [0.2, 0.25) is 17.5 Å². The minimum atomic E-state index is -0.163. The van der Waals surface area contributed by atoms with Gasteiger partial charge in [0, 0.05) is 11.3 Å². The second-order valence-electron chi connectivity index (χ2n) is 5.49. The highest BCUT2D eigenvalue weighted by Crippen LogP contribution is 2.41. The Morgan fingerprint density at radius 3 is 2.32 bits per heavy atom. The van der Waals surface area contributed by atoms with Gasteiger partial charge in [0.15, 0.2) is 11.5 Å². The maximum absolute atomic E-state index is 12.0. The number of nitrogens with zero attached hydrogens (tertiary/aromatic N) is 2. The molecule has 1 N–H and O–H groups in total. The van der Waals surface area contributed by atoms with Gasteiger partial charge in [-0.15, -0.1) is 10.2 Å². The first-order valence-corrected chi connectivity index (χ1v) is 9.24. The summed E-state index contributed by atoms with van der Waals surface area (Å²) in [6.45, 7) is 0. The van der Waals surface area contributed by atoms with Crippen LogP contribution in [-0.4, -0.2) is 43.2 Å². The van der Waals surface area contributed by atoms with Crippen LogP contribution in [0.2, 0.25) is 0 Å². The van der Waals surface area contributed by atoms with Crippen molar-refractivity contribution in [1.29, 1.82) is 0 Å².